The van der Waals surface area contributed by atoms with Gasteiger partial charge in [-0.05, 0) is 12.8 Å². The van der Waals surface area contributed by atoms with Gasteiger partial charge in [0.15, 0.2) is 0 Å². The van der Waals surface area contributed by atoms with E-state index in [9.17, 15) is 9.59 Å². The molecule has 1 saturated heterocycles. The van der Waals surface area contributed by atoms with Crippen molar-refractivity contribution in [1.82, 2.24) is 25.4 Å². The van der Waals surface area contributed by atoms with E-state index >= 15 is 0 Å². The van der Waals surface area contributed by atoms with E-state index in [-0.39, 0.29) is 29.5 Å². The van der Waals surface area contributed by atoms with Crippen molar-refractivity contribution < 1.29 is 9.59 Å². The average molecular weight is 279 g/mol. The van der Waals surface area contributed by atoms with E-state index in [1.165, 1.54) is 0 Å². The van der Waals surface area contributed by atoms with Crippen LogP contribution >= 0.6 is 0 Å². The van der Waals surface area contributed by atoms with Gasteiger partial charge in [-0.25, -0.2) is 4.98 Å². The van der Waals surface area contributed by atoms with Crippen LogP contribution < -0.4 is 5.32 Å². The lowest BCUT2D eigenvalue weighted by atomic mass is 9.96. The fourth-order valence-electron chi connectivity index (χ4n) is 2.32. The van der Waals surface area contributed by atoms with Gasteiger partial charge in [0.1, 0.15) is 5.82 Å². The van der Waals surface area contributed by atoms with Crippen molar-refractivity contribution >= 4 is 11.8 Å². The number of rotatable bonds is 3. The molecule has 0 aliphatic carbocycles. The third-order valence-electron chi connectivity index (χ3n) is 3.64. The van der Waals surface area contributed by atoms with Crippen LogP contribution in [0.15, 0.2) is 0 Å². The van der Waals surface area contributed by atoms with E-state index in [1.807, 2.05) is 13.8 Å². The molecule has 7 heteroatoms. The highest BCUT2D eigenvalue weighted by atomic mass is 16.2. The number of hydrogen-bond donors (Lipinski definition) is 2. The number of aromatic nitrogens is 3. The number of likely N-dealkylation sites (tertiary alicyclic amines) is 1. The van der Waals surface area contributed by atoms with E-state index < -0.39 is 0 Å². The predicted molar refractivity (Wildman–Crippen MR) is 73.2 cm³/mol. The number of carbonyl (C=O) groups excluding carboxylic acids is 2. The first-order valence-electron chi connectivity index (χ1n) is 6.96. The molecule has 1 aliphatic heterocycles. The summed E-state index contributed by atoms with van der Waals surface area (Å²) in [6.07, 6.45) is 1.37. The van der Waals surface area contributed by atoms with Gasteiger partial charge in [0.05, 0.1) is 0 Å². The van der Waals surface area contributed by atoms with Crippen LogP contribution in [-0.2, 0) is 4.79 Å². The smallest absolute Gasteiger partial charge is 0.293 e. The molecule has 0 aromatic carbocycles. The SMILES string of the molecule is CNC(=O)C1CCN(C(=O)c2n[nH]c(C(C)C)n2)CC1. The Bertz CT molecular complexity index is 489. The van der Waals surface area contributed by atoms with E-state index in [0.717, 1.165) is 0 Å². The lowest BCUT2D eigenvalue weighted by Crippen LogP contribution is -2.42. The highest BCUT2D eigenvalue weighted by Gasteiger charge is 2.28. The number of piperidine rings is 1. The molecule has 0 spiro atoms. The molecule has 110 valence electrons. The molecule has 1 aromatic rings. The van der Waals surface area contributed by atoms with Crippen LogP contribution in [0, 0.1) is 5.92 Å². The Labute approximate surface area is 118 Å². The largest absolute Gasteiger partial charge is 0.359 e. The van der Waals surface area contributed by atoms with Gasteiger partial charge in [0.25, 0.3) is 5.91 Å². The Kier molecular flexibility index (Phi) is 4.36. The van der Waals surface area contributed by atoms with Gasteiger partial charge >= 0.3 is 0 Å². The van der Waals surface area contributed by atoms with Crippen molar-refractivity contribution in [2.75, 3.05) is 20.1 Å². The van der Waals surface area contributed by atoms with E-state index in [0.29, 0.717) is 31.8 Å². The first-order chi connectivity index (χ1) is 9.52. The second-order valence-electron chi connectivity index (χ2n) is 5.38. The molecular weight excluding hydrogens is 258 g/mol. The Hall–Kier alpha value is -1.92. The minimum absolute atomic E-state index is 0.00224. The third-order valence-corrected chi connectivity index (χ3v) is 3.64. The summed E-state index contributed by atoms with van der Waals surface area (Å²) in [7, 11) is 1.64. The maximum absolute atomic E-state index is 12.3. The second-order valence-corrected chi connectivity index (χ2v) is 5.38. The number of aromatic amines is 1. The topological polar surface area (TPSA) is 91.0 Å². The molecule has 0 saturated carbocycles. The molecule has 1 aliphatic rings. The van der Waals surface area contributed by atoms with Gasteiger partial charge in [-0.3, -0.25) is 14.7 Å². The molecule has 2 amide bonds. The molecule has 1 aromatic heterocycles. The molecule has 0 bridgehead atoms. The third kappa shape index (κ3) is 2.97. The van der Waals surface area contributed by atoms with Crippen molar-refractivity contribution in [3.05, 3.63) is 11.6 Å². The lowest BCUT2D eigenvalue weighted by molar-refractivity contribution is -0.125. The van der Waals surface area contributed by atoms with Crippen molar-refractivity contribution in [2.45, 2.75) is 32.6 Å². The van der Waals surface area contributed by atoms with Crippen LogP contribution in [-0.4, -0.2) is 52.0 Å². The van der Waals surface area contributed by atoms with Crippen LogP contribution in [0.3, 0.4) is 0 Å². The van der Waals surface area contributed by atoms with Gasteiger partial charge in [0, 0.05) is 32.0 Å². The molecule has 1 fully saturated rings. The predicted octanol–water partition coefficient (Wildman–Crippen LogP) is 0.526. The first-order valence-corrected chi connectivity index (χ1v) is 6.96. The number of nitrogens with zero attached hydrogens (tertiary/aromatic N) is 3. The van der Waals surface area contributed by atoms with E-state index in [2.05, 4.69) is 20.5 Å². The normalized spacial score (nSPS) is 16.5. The number of amides is 2. The zero-order valence-corrected chi connectivity index (χ0v) is 12.1. The zero-order chi connectivity index (χ0) is 14.7. The fraction of sp³-hybridized carbons (Fsp3) is 0.692. The number of nitrogens with one attached hydrogen (secondary N) is 2. The minimum atomic E-state index is -0.163. The lowest BCUT2D eigenvalue weighted by Gasteiger charge is -2.30. The van der Waals surface area contributed by atoms with Crippen LogP contribution in [0.25, 0.3) is 0 Å². The van der Waals surface area contributed by atoms with E-state index in [1.54, 1.807) is 11.9 Å². The maximum atomic E-state index is 12.3. The molecule has 2 N–H and O–H groups in total. The Balaban J connectivity index is 1.96. The van der Waals surface area contributed by atoms with Crippen molar-refractivity contribution in [2.24, 2.45) is 5.92 Å². The van der Waals surface area contributed by atoms with Crippen LogP contribution in [0.1, 0.15) is 49.1 Å². The van der Waals surface area contributed by atoms with Crippen molar-refractivity contribution in [3.63, 3.8) is 0 Å². The summed E-state index contributed by atoms with van der Waals surface area (Å²) >= 11 is 0. The summed E-state index contributed by atoms with van der Waals surface area (Å²) in [5.41, 5.74) is 0. The molecule has 0 unspecified atom stereocenters. The van der Waals surface area contributed by atoms with Crippen LogP contribution in [0.5, 0.6) is 0 Å². The summed E-state index contributed by atoms with van der Waals surface area (Å²) in [6, 6.07) is 0. The summed E-state index contributed by atoms with van der Waals surface area (Å²) in [5, 5.41) is 9.42. The molecule has 0 radical (unpaired) electrons. The Morgan fingerprint density at radius 2 is 2.00 bits per heavy atom. The van der Waals surface area contributed by atoms with Gasteiger partial charge in [-0.15, -0.1) is 5.10 Å². The molecule has 2 heterocycles. The second kappa shape index (κ2) is 6.02. The molecule has 2 rings (SSSR count). The number of carbonyl (C=O) groups is 2. The monoisotopic (exact) mass is 279 g/mol. The van der Waals surface area contributed by atoms with Gasteiger partial charge < -0.3 is 10.2 Å². The van der Waals surface area contributed by atoms with E-state index in [4.69, 9.17) is 0 Å². The fourth-order valence-corrected chi connectivity index (χ4v) is 2.32. The van der Waals surface area contributed by atoms with Crippen molar-refractivity contribution in [1.29, 1.82) is 0 Å². The molecular formula is C13H21N5O2. The Morgan fingerprint density at radius 3 is 2.50 bits per heavy atom. The Morgan fingerprint density at radius 1 is 1.35 bits per heavy atom. The summed E-state index contributed by atoms with van der Waals surface area (Å²) in [4.78, 5) is 29.7. The summed E-state index contributed by atoms with van der Waals surface area (Å²) in [6.45, 7) is 5.12. The molecule has 0 atom stereocenters. The summed E-state index contributed by atoms with van der Waals surface area (Å²) < 4.78 is 0. The van der Waals surface area contributed by atoms with Crippen LogP contribution in [0.2, 0.25) is 0 Å². The van der Waals surface area contributed by atoms with Gasteiger partial charge in [0.2, 0.25) is 11.7 Å². The molecule has 7 nitrogen and oxygen atoms in total. The number of H-pyrrole nitrogens is 1. The average Bonchev–Trinajstić information content (AvgIpc) is 2.96. The maximum Gasteiger partial charge on any atom is 0.293 e. The highest BCUT2D eigenvalue weighted by molar-refractivity contribution is 5.90. The van der Waals surface area contributed by atoms with Gasteiger partial charge in [-0.2, -0.15) is 0 Å². The quantitative estimate of drug-likeness (QED) is 0.844. The number of hydrogen-bond acceptors (Lipinski definition) is 4. The highest BCUT2D eigenvalue weighted by Crippen LogP contribution is 2.18. The minimum Gasteiger partial charge on any atom is -0.359 e. The molecule has 20 heavy (non-hydrogen) atoms. The standard InChI is InChI=1S/C13H21N5O2/c1-8(2)10-15-11(17-16-10)13(20)18-6-4-9(5-7-18)12(19)14-3/h8-9H,4-7H2,1-3H3,(H,14,19)(H,15,16,17). The zero-order valence-electron chi connectivity index (χ0n) is 12.1. The van der Waals surface area contributed by atoms with Gasteiger partial charge in [-0.1, -0.05) is 13.8 Å². The van der Waals surface area contributed by atoms with Crippen molar-refractivity contribution in [3.8, 4) is 0 Å². The summed E-state index contributed by atoms with van der Waals surface area (Å²) in [5.74, 6) is 1.03. The van der Waals surface area contributed by atoms with Crippen LogP contribution in [0.4, 0.5) is 0 Å². The first kappa shape index (κ1) is 14.5.